The zero-order chi connectivity index (χ0) is 25.8. The fourth-order valence-corrected chi connectivity index (χ4v) is 3.51. The molecule has 6 nitrogen and oxygen atoms in total. The van der Waals surface area contributed by atoms with Crippen LogP contribution in [0.2, 0.25) is 0 Å². The van der Waals surface area contributed by atoms with E-state index in [2.05, 4.69) is 0 Å². The number of phenols is 1. The van der Waals surface area contributed by atoms with Crippen LogP contribution in [-0.4, -0.2) is 31.9 Å². The molecule has 6 heteroatoms. The van der Waals surface area contributed by atoms with Gasteiger partial charge in [0.25, 0.3) is 0 Å². The Bertz CT molecular complexity index is 1270. The summed E-state index contributed by atoms with van der Waals surface area (Å²) >= 11 is 0. The molecule has 0 fully saturated rings. The van der Waals surface area contributed by atoms with Gasteiger partial charge in [-0.15, -0.1) is 0 Å². The van der Waals surface area contributed by atoms with Crippen LogP contribution < -0.4 is 14.2 Å². The Morgan fingerprint density at radius 3 is 1.89 bits per heavy atom. The maximum Gasteiger partial charge on any atom is 0.162 e. The smallest absolute Gasteiger partial charge is 0.162 e. The van der Waals surface area contributed by atoms with E-state index in [0.717, 1.165) is 23.7 Å². The summed E-state index contributed by atoms with van der Waals surface area (Å²) in [6, 6.07) is 27.9. The second kappa shape index (κ2) is 13.3. The molecule has 0 aliphatic heterocycles. The van der Waals surface area contributed by atoms with Gasteiger partial charge in [0.05, 0.1) is 14.2 Å². The molecule has 0 spiro atoms. The summed E-state index contributed by atoms with van der Waals surface area (Å²) in [6.07, 6.45) is 2.03. The summed E-state index contributed by atoms with van der Waals surface area (Å²) in [5.74, 6) is 1.61. The fraction of sp³-hybridized carbons (Fsp3) is 0.133. The number of carbonyl (C=O) groups is 2. The number of aldehydes is 2. The normalized spacial score (nSPS) is 9.94. The molecule has 36 heavy (non-hydrogen) atoms. The van der Waals surface area contributed by atoms with Crippen LogP contribution in [-0.2, 0) is 13.0 Å². The number of benzene rings is 4. The summed E-state index contributed by atoms with van der Waals surface area (Å²) in [5.41, 5.74) is 3.74. The van der Waals surface area contributed by atoms with E-state index < -0.39 is 0 Å². The summed E-state index contributed by atoms with van der Waals surface area (Å²) in [6.45, 7) is 0.444. The molecule has 0 saturated carbocycles. The van der Waals surface area contributed by atoms with Crippen molar-refractivity contribution in [2.45, 2.75) is 13.0 Å². The van der Waals surface area contributed by atoms with Crippen LogP contribution in [0, 0.1) is 0 Å². The van der Waals surface area contributed by atoms with Gasteiger partial charge >= 0.3 is 0 Å². The number of hydrogen-bond acceptors (Lipinski definition) is 6. The standard InChI is InChI=1S/2C15H14O3/c1-17-14-8-7-13(10-16)9-15(14)18-11-12-5-3-2-4-6-12;1-18-14-8-7-12(10-16)13(15(14)17)9-11-5-3-2-4-6-11/h2-10H,11H2,1H3;2-8,10,17H,9H2,1H3. The fourth-order valence-electron chi connectivity index (χ4n) is 3.51. The first-order valence-corrected chi connectivity index (χ1v) is 11.3. The van der Waals surface area contributed by atoms with E-state index in [1.165, 1.54) is 7.11 Å². The third-order valence-electron chi connectivity index (χ3n) is 5.41. The van der Waals surface area contributed by atoms with Crippen molar-refractivity contribution in [3.8, 4) is 23.0 Å². The van der Waals surface area contributed by atoms with Gasteiger partial charge in [-0.2, -0.15) is 0 Å². The van der Waals surface area contributed by atoms with E-state index in [1.54, 1.807) is 37.4 Å². The Hall–Kier alpha value is -4.58. The number of methoxy groups -OCH3 is 2. The van der Waals surface area contributed by atoms with E-state index in [-0.39, 0.29) is 5.75 Å². The van der Waals surface area contributed by atoms with Crippen LogP contribution in [0.25, 0.3) is 0 Å². The van der Waals surface area contributed by atoms with E-state index in [1.807, 2.05) is 60.7 Å². The molecule has 0 heterocycles. The molecule has 0 saturated heterocycles. The van der Waals surface area contributed by atoms with Gasteiger partial charge in [0.1, 0.15) is 19.2 Å². The van der Waals surface area contributed by atoms with Crippen molar-refractivity contribution in [3.05, 3.63) is 119 Å². The molecule has 0 amide bonds. The van der Waals surface area contributed by atoms with Crippen LogP contribution in [0.1, 0.15) is 37.4 Å². The number of carbonyl (C=O) groups excluding carboxylic acids is 2. The van der Waals surface area contributed by atoms with E-state index in [9.17, 15) is 14.7 Å². The lowest BCUT2D eigenvalue weighted by Gasteiger charge is -2.11. The minimum atomic E-state index is 0.0333. The van der Waals surface area contributed by atoms with Gasteiger partial charge < -0.3 is 19.3 Å². The molecule has 0 aromatic heterocycles. The molecule has 184 valence electrons. The van der Waals surface area contributed by atoms with Gasteiger partial charge in [-0.1, -0.05) is 60.7 Å². The number of hydrogen-bond donors (Lipinski definition) is 1. The van der Waals surface area contributed by atoms with Crippen molar-refractivity contribution in [1.82, 2.24) is 0 Å². The first kappa shape index (κ1) is 26.0. The second-order valence-corrected chi connectivity index (χ2v) is 7.77. The topological polar surface area (TPSA) is 82.1 Å². The van der Waals surface area contributed by atoms with Crippen LogP contribution in [0.5, 0.6) is 23.0 Å². The Morgan fingerprint density at radius 2 is 1.31 bits per heavy atom. The second-order valence-electron chi connectivity index (χ2n) is 7.77. The summed E-state index contributed by atoms with van der Waals surface area (Å²) < 4.78 is 15.9. The first-order chi connectivity index (χ1) is 17.6. The molecule has 4 aromatic rings. The predicted octanol–water partition coefficient (Wildman–Crippen LogP) is 5.89. The molecule has 0 bridgehead atoms. The summed E-state index contributed by atoms with van der Waals surface area (Å²) in [7, 11) is 3.06. The molecule has 4 aromatic carbocycles. The van der Waals surface area contributed by atoms with Crippen molar-refractivity contribution in [3.63, 3.8) is 0 Å². The maximum atomic E-state index is 11.0. The average Bonchev–Trinajstić information content (AvgIpc) is 2.94. The monoisotopic (exact) mass is 484 g/mol. The van der Waals surface area contributed by atoms with Crippen LogP contribution >= 0.6 is 0 Å². The number of aromatic hydroxyl groups is 1. The highest BCUT2D eigenvalue weighted by atomic mass is 16.5. The Labute approximate surface area is 210 Å². The van der Waals surface area contributed by atoms with Gasteiger partial charge in [-0.25, -0.2) is 0 Å². The third kappa shape index (κ3) is 6.96. The van der Waals surface area contributed by atoms with Gasteiger partial charge in [0.2, 0.25) is 0 Å². The third-order valence-corrected chi connectivity index (χ3v) is 5.41. The van der Waals surface area contributed by atoms with Gasteiger partial charge in [0.15, 0.2) is 23.0 Å². The van der Waals surface area contributed by atoms with Gasteiger partial charge in [-0.3, -0.25) is 9.59 Å². The minimum absolute atomic E-state index is 0.0333. The zero-order valence-electron chi connectivity index (χ0n) is 20.2. The molecule has 4 rings (SSSR count). The molecular formula is C30H28O6. The highest BCUT2D eigenvalue weighted by molar-refractivity contribution is 5.80. The summed E-state index contributed by atoms with van der Waals surface area (Å²) in [4.78, 5) is 21.8. The molecule has 0 radical (unpaired) electrons. The minimum Gasteiger partial charge on any atom is -0.504 e. The molecular weight excluding hydrogens is 456 g/mol. The van der Waals surface area contributed by atoms with E-state index >= 15 is 0 Å². The van der Waals surface area contributed by atoms with Crippen LogP contribution in [0.15, 0.2) is 91.0 Å². The molecule has 0 aliphatic carbocycles. The van der Waals surface area contributed by atoms with E-state index in [0.29, 0.717) is 47.0 Å². The van der Waals surface area contributed by atoms with E-state index in [4.69, 9.17) is 14.2 Å². The van der Waals surface area contributed by atoms with Crippen molar-refractivity contribution >= 4 is 12.6 Å². The Morgan fingerprint density at radius 1 is 0.694 bits per heavy atom. The Balaban J connectivity index is 0.000000201. The number of phenolic OH excluding ortho intramolecular Hbond substituents is 1. The zero-order valence-corrected chi connectivity index (χ0v) is 20.2. The molecule has 0 atom stereocenters. The average molecular weight is 485 g/mol. The highest BCUT2D eigenvalue weighted by Gasteiger charge is 2.13. The van der Waals surface area contributed by atoms with Crippen molar-refractivity contribution in [2.75, 3.05) is 14.2 Å². The number of rotatable bonds is 9. The lowest BCUT2D eigenvalue weighted by molar-refractivity contribution is 0.111. The SMILES string of the molecule is COc1ccc(C=O)c(Cc2ccccc2)c1O.COc1ccc(C=O)cc1OCc1ccccc1. The highest BCUT2D eigenvalue weighted by Crippen LogP contribution is 2.33. The summed E-state index contributed by atoms with van der Waals surface area (Å²) in [5, 5.41) is 10.1. The maximum absolute atomic E-state index is 11.0. The molecule has 0 unspecified atom stereocenters. The van der Waals surface area contributed by atoms with Crippen molar-refractivity contribution < 1.29 is 28.9 Å². The lowest BCUT2D eigenvalue weighted by atomic mass is 9.99. The first-order valence-electron chi connectivity index (χ1n) is 11.3. The van der Waals surface area contributed by atoms with Gasteiger partial charge in [-0.05, 0) is 41.5 Å². The quantitative estimate of drug-likeness (QED) is 0.298. The van der Waals surface area contributed by atoms with Crippen LogP contribution in [0.3, 0.4) is 0 Å². The molecule has 1 N–H and O–H groups in total. The number of ether oxygens (including phenoxy) is 3. The van der Waals surface area contributed by atoms with Gasteiger partial charge in [0, 0.05) is 23.1 Å². The molecule has 0 aliphatic rings. The van der Waals surface area contributed by atoms with Crippen molar-refractivity contribution in [1.29, 1.82) is 0 Å². The Kier molecular flexibility index (Phi) is 9.65. The van der Waals surface area contributed by atoms with Crippen molar-refractivity contribution in [2.24, 2.45) is 0 Å². The predicted molar refractivity (Wildman–Crippen MR) is 138 cm³/mol. The van der Waals surface area contributed by atoms with Crippen LogP contribution in [0.4, 0.5) is 0 Å². The lowest BCUT2D eigenvalue weighted by Crippen LogP contribution is -1.98. The largest absolute Gasteiger partial charge is 0.504 e.